The number of hydrogen-bond donors (Lipinski definition) is 0. The monoisotopic (exact) mass is 432 g/mol. The molecule has 2 aromatic rings. The van der Waals surface area contributed by atoms with Crippen molar-refractivity contribution < 1.29 is 13.2 Å². The molecule has 4 rings (SSSR count). The molecule has 1 saturated heterocycles. The molecule has 0 bridgehead atoms. The van der Waals surface area contributed by atoms with Crippen molar-refractivity contribution in [1.82, 2.24) is 0 Å². The first-order chi connectivity index (χ1) is 12.3. The average Bonchev–Trinajstić information content (AvgIpc) is 3.16. The van der Waals surface area contributed by atoms with Crippen molar-refractivity contribution in [3.63, 3.8) is 0 Å². The van der Waals surface area contributed by atoms with Crippen LogP contribution in [0.25, 0.3) is 0 Å². The van der Waals surface area contributed by atoms with Gasteiger partial charge in [0.25, 0.3) is 0 Å². The van der Waals surface area contributed by atoms with E-state index in [-0.39, 0.29) is 12.0 Å². The SMILES string of the molecule is CC1(C)O[C@H](c2cccc(Br)c2)C2=CC[C@H](S(=O)(=O)c3ccccc3)C21. The van der Waals surface area contributed by atoms with Crippen molar-refractivity contribution in [2.75, 3.05) is 0 Å². The Hall–Kier alpha value is -1.43. The smallest absolute Gasteiger partial charge is 0.182 e. The summed E-state index contributed by atoms with van der Waals surface area (Å²) in [6.45, 7) is 4.00. The van der Waals surface area contributed by atoms with E-state index in [1.807, 2.05) is 44.2 Å². The molecule has 1 heterocycles. The lowest BCUT2D eigenvalue weighted by Crippen LogP contribution is -2.38. The third kappa shape index (κ3) is 2.86. The van der Waals surface area contributed by atoms with E-state index in [0.29, 0.717) is 11.3 Å². The molecule has 2 aliphatic rings. The third-order valence-electron chi connectivity index (χ3n) is 5.41. The van der Waals surface area contributed by atoms with Crippen LogP contribution in [-0.4, -0.2) is 19.3 Å². The van der Waals surface area contributed by atoms with Crippen LogP contribution in [0.1, 0.15) is 31.9 Å². The summed E-state index contributed by atoms with van der Waals surface area (Å²) in [5.74, 6) is -0.142. The lowest BCUT2D eigenvalue weighted by atomic mass is 9.85. The summed E-state index contributed by atoms with van der Waals surface area (Å²) in [7, 11) is -3.42. The van der Waals surface area contributed by atoms with Crippen LogP contribution in [0.2, 0.25) is 0 Å². The second-order valence-corrected chi connectivity index (χ2v) is 10.6. The molecule has 0 N–H and O–H groups in total. The number of sulfone groups is 1. The summed E-state index contributed by atoms with van der Waals surface area (Å²) in [5.41, 5.74) is 1.61. The maximum atomic E-state index is 13.3. The van der Waals surface area contributed by atoms with E-state index in [4.69, 9.17) is 4.74 Å². The maximum Gasteiger partial charge on any atom is 0.182 e. The van der Waals surface area contributed by atoms with Crippen LogP contribution >= 0.6 is 15.9 Å². The van der Waals surface area contributed by atoms with Crippen molar-refractivity contribution in [3.8, 4) is 0 Å². The number of rotatable bonds is 3. The van der Waals surface area contributed by atoms with Gasteiger partial charge < -0.3 is 4.74 Å². The summed E-state index contributed by atoms with van der Waals surface area (Å²) in [4.78, 5) is 0.390. The Morgan fingerprint density at radius 2 is 1.81 bits per heavy atom. The predicted octanol–water partition coefficient (Wildman–Crippen LogP) is 5.09. The molecule has 1 fully saturated rings. The second kappa shape index (κ2) is 6.32. The number of fused-ring (bicyclic) bond motifs is 1. The minimum absolute atomic E-state index is 0.142. The molecule has 1 unspecified atom stereocenters. The fourth-order valence-corrected chi connectivity index (χ4v) is 6.81. The third-order valence-corrected chi connectivity index (χ3v) is 8.10. The summed E-state index contributed by atoms with van der Waals surface area (Å²) >= 11 is 3.51. The molecule has 136 valence electrons. The highest BCUT2D eigenvalue weighted by molar-refractivity contribution is 9.10. The van der Waals surface area contributed by atoms with Crippen molar-refractivity contribution in [1.29, 1.82) is 0 Å². The topological polar surface area (TPSA) is 43.4 Å². The van der Waals surface area contributed by atoms with Crippen LogP contribution in [0, 0.1) is 5.92 Å². The quantitative estimate of drug-likeness (QED) is 0.634. The van der Waals surface area contributed by atoms with Gasteiger partial charge in [-0.1, -0.05) is 52.3 Å². The Morgan fingerprint density at radius 3 is 2.50 bits per heavy atom. The van der Waals surface area contributed by atoms with E-state index >= 15 is 0 Å². The number of benzene rings is 2. The average molecular weight is 433 g/mol. The van der Waals surface area contributed by atoms with Gasteiger partial charge in [-0.2, -0.15) is 0 Å². The van der Waals surface area contributed by atoms with Crippen LogP contribution in [0.4, 0.5) is 0 Å². The van der Waals surface area contributed by atoms with Crippen molar-refractivity contribution in [3.05, 3.63) is 76.3 Å². The zero-order valence-electron chi connectivity index (χ0n) is 14.7. The molecule has 26 heavy (non-hydrogen) atoms. The Morgan fingerprint density at radius 1 is 1.08 bits per heavy atom. The zero-order chi connectivity index (χ0) is 18.5. The van der Waals surface area contributed by atoms with Crippen LogP contribution in [0.15, 0.2) is 75.6 Å². The lowest BCUT2D eigenvalue weighted by Gasteiger charge is -2.30. The number of halogens is 1. The summed E-state index contributed by atoms with van der Waals surface area (Å²) in [5, 5.41) is -0.480. The minimum atomic E-state index is -3.42. The van der Waals surface area contributed by atoms with E-state index in [2.05, 4.69) is 22.0 Å². The van der Waals surface area contributed by atoms with Gasteiger partial charge in [-0.25, -0.2) is 8.42 Å². The second-order valence-electron chi connectivity index (χ2n) is 7.47. The molecule has 1 aliphatic carbocycles. The Kier molecular flexibility index (Phi) is 4.37. The molecule has 0 aromatic heterocycles. The summed E-state index contributed by atoms with van der Waals surface area (Å²) in [6, 6.07) is 16.8. The zero-order valence-corrected chi connectivity index (χ0v) is 17.1. The number of hydrogen-bond acceptors (Lipinski definition) is 3. The fourth-order valence-electron chi connectivity index (χ4n) is 4.32. The Bertz CT molecular complexity index is 964. The summed E-state index contributed by atoms with van der Waals surface area (Å²) < 4.78 is 33.9. The standard InChI is InChI=1S/C21H21BrO3S/c1-21(2)19-17(20(25-21)14-7-6-8-15(22)13-14)11-12-18(19)26(23,24)16-9-4-3-5-10-16/h3-11,13,18-20H,12H2,1-2H3/t18-,19?,20+/m0/s1. The van der Waals surface area contributed by atoms with Crippen molar-refractivity contribution in [2.45, 2.75) is 42.1 Å². The van der Waals surface area contributed by atoms with E-state index < -0.39 is 20.7 Å². The summed E-state index contributed by atoms with van der Waals surface area (Å²) in [6.07, 6.45) is 2.42. The molecule has 3 atom stereocenters. The molecular weight excluding hydrogens is 412 g/mol. The van der Waals surface area contributed by atoms with Gasteiger partial charge in [0, 0.05) is 10.4 Å². The first kappa shape index (κ1) is 18.0. The maximum absolute atomic E-state index is 13.3. The van der Waals surface area contributed by atoms with Crippen molar-refractivity contribution in [2.24, 2.45) is 5.92 Å². The molecular formula is C21H21BrO3S. The van der Waals surface area contributed by atoms with E-state index in [1.165, 1.54) is 0 Å². The van der Waals surface area contributed by atoms with Crippen molar-refractivity contribution >= 4 is 25.8 Å². The first-order valence-corrected chi connectivity index (χ1v) is 11.1. The van der Waals surface area contributed by atoms with Crippen LogP contribution < -0.4 is 0 Å². The predicted molar refractivity (Wildman–Crippen MR) is 106 cm³/mol. The molecule has 0 radical (unpaired) electrons. The van der Waals surface area contributed by atoms with Crippen LogP contribution in [0.3, 0.4) is 0 Å². The van der Waals surface area contributed by atoms with Gasteiger partial charge >= 0.3 is 0 Å². The van der Waals surface area contributed by atoms with Gasteiger partial charge in [-0.05, 0) is 55.7 Å². The first-order valence-electron chi connectivity index (χ1n) is 8.73. The number of allylic oxidation sites excluding steroid dienone is 1. The van der Waals surface area contributed by atoms with Gasteiger partial charge in [0.1, 0.15) is 6.10 Å². The highest BCUT2D eigenvalue weighted by atomic mass is 79.9. The molecule has 0 saturated carbocycles. The molecule has 2 aromatic carbocycles. The molecule has 0 amide bonds. The van der Waals surface area contributed by atoms with Gasteiger partial charge in [-0.15, -0.1) is 0 Å². The molecule has 5 heteroatoms. The normalized spacial score (nSPS) is 27.2. The van der Waals surface area contributed by atoms with E-state index in [9.17, 15) is 8.42 Å². The molecule has 3 nitrogen and oxygen atoms in total. The van der Waals surface area contributed by atoms with E-state index in [0.717, 1.165) is 15.6 Å². The highest BCUT2D eigenvalue weighted by Gasteiger charge is 2.55. The van der Waals surface area contributed by atoms with Gasteiger partial charge in [-0.3, -0.25) is 0 Å². The van der Waals surface area contributed by atoms with Gasteiger partial charge in [0.2, 0.25) is 0 Å². The van der Waals surface area contributed by atoms with E-state index in [1.54, 1.807) is 24.3 Å². The van der Waals surface area contributed by atoms with Crippen LogP contribution in [-0.2, 0) is 14.6 Å². The Balaban J connectivity index is 1.73. The van der Waals surface area contributed by atoms with Gasteiger partial charge in [0.05, 0.1) is 15.7 Å². The largest absolute Gasteiger partial charge is 0.363 e. The molecule has 0 spiro atoms. The van der Waals surface area contributed by atoms with Crippen LogP contribution in [0.5, 0.6) is 0 Å². The molecule has 1 aliphatic heterocycles. The highest BCUT2D eigenvalue weighted by Crippen LogP contribution is 2.55. The Labute approximate surface area is 163 Å². The fraction of sp³-hybridized carbons (Fsp3) is 0.333. The number of ether oxygens (including phenoxy) is 1. The van der Waals surface area contributed by atoms with Gasteiger partial charge in [0.15, 0.2) is 9.84 Å². The minimum Gasteiger partial charge on any atom is -0.363 e. The lowest BCUT2D eigenvalue weighted by molar-refractivity contribution is -0.0323.